The molecule has 0 bridgehead atoms. The summed E-state index contributed by atoms with van der Waals surface area (Å²) in [5, 5.41) is 16.6. The van der Waals surface area contributed by atoms with Gasteiger partial charge in [-0.2, -0.15) is 0 Å². The highest BCUT2D eigenvalue weighted by atomic mass is 16.3. The molecule has 0 radical (unpaired) electrons. The number of hydrogen-bond donors (Lipinski definition) is 2. The second-order valence-corrected chi connectivity index (χ2v) is 3.52. The Kier molecular flexibility index (Phi) is 10.6. The number of rotatable bonds is 5. The highest BCUT2D eigenvalue weighted by Gasteiger charge is 1.84. The zero-order valence-electron chi connectivity index (χ0n) is 9.52. The summed E-state index contributed by atoms with van der Waals surface area (Å²) in [6.45, 7) is 2.65. The van der Waals surface area contributed by atoms with E-state index < -0.39 is 0 Å². The molecule has 0 saturated heterocycles. The molecule has 2 N–H and O–H groups in total. The smallest absolute Gasteiger partial charge is 0.0431 e. The molecule has 0 unspecified atom stereocenters. The van der Waals surface area contributed by atoms with Gasteiger partial charge in [-0.15, -0.1) is 0 Å². The quantitative estimate of drug-likeness (QED) is 0.733. The topological polar surface area (TPSA) is 40.5 Å². The van der Waals surface area contributed by atoms with Gasteiger partial charge in [-0.1, -0.05) is 48.7 Å². The van der Waals surface area contributed by atoms with E-state index in [4.69, 9.17) is 10.2 Å². The van der Waals surface area contributed by atoms with E-state index in [1.165, 1.54) is 5.56 Å². The predicted molar refractivity (Wildman–Crippen MR) is 63.8 cm³/mol. The Bertz CT molecular complexity index is 203. The maximum atomic E-state index is 8.30. The van der Waals surface area contributed by atoms with Crippen LogP contribution in [0, 0.1) is 6.92 Å². The second kappa shape index (κ2) is 11.2. The molecule has 0 aliphatic carbocycles. The van der Waals surface area contributed by atoms with Crippen LogP contribution in [0.4, 0.5) is 0 Å². The molecule has 0 amide bonds. The summed E-state index contributed by atoms with van der Waals surface area (Å²) in [7, 11) is 0. The third kappa shape index (κ3) is 11.1. The van der Waals surface area contributed by atoms with Crippen molar-refractivity contribution < 1.29 is 10.2 Å². The first-order valence-electron chi connectivity index (χ1n) is 5.54. The summed E-state index contributed by atoms with van der Waals surface area (Å²) in [5.74, 6) is 0. The number of aliphatic hydroxyl groups is 2. The van der Waals surface area contributed by atoms with Crippen LogP contribution in [0.5, 0.6) is 0 Å². The van der Waals surface area contributed by atoms with Gasteiger partial charge in [0.1, 0.15) is 0 Å². The van der Waals surface area contributed by atoms with Gasteiger partial charge in [0.15, 0.2) is 0 Å². The van der Waals surface area contributed by atoms with Crippen molar-refractivity contribution in [1.82, 2.24) is 0 Å². The normalized spacial score (nSPS) is 9.27. The highest BCUT2D eigenvalue weighted by Crippen LogP contribution is 1.96. The van der Waals surface area contributed by atoms with E-state index in [1.54, 1.807) is 0 Å². The minimum absolute atomic E-state index is 0.283. The Labute approximate surface area is 92.6 Å². The van der Waals surface area contributed by atoms with Crippen LogP contribution in [-0.4, -0.2) is 23.4 Å². The molecule has 0 aliphatic rings. The molecule has 2 heteroatoms. The van der Waals surface area contributed by atoms with E-state index in [2.05, 4.69) is 19.1 Å². The number of aryl methyl sites for hydroxylation is 1. The number of hydrogen-bond acceptors (Lipinski definition) is 2. The van der Waals surface area contributed by atoms with Crippen molar-refractivity contribution in [3.8, 4) is 0 Å². The summed E-state index contributed by atoms with van der Waals surface area (Å²) in [4.78, 5) is 0. The van der Waals surface area contributed by atoms with E-state index >= 15 is 0 Å². The lowest BCUT2D eigenvalue weighted by atomic mass is 10.2. The summed E-state index contributed by atoms with van der Waals surface area (Å²) >= 11 is 0. The molecule has 0 spiro atoms. The largest absolute Gasteiger partial charge is 0.396 e. The molecule has 2 nitrogen and oxygen atoms in total. The van der Waals surface area contributed by atoms with E-state index in [-0.39, 0.29) is 13.2 Å². The summed E-state index contributed by atoms with van der Waals surface area (Å²) < 4.78 is 0. The Balaban J connectivity index is 0.000000262. The number of unbranched alkanes of at least 4 members (excludes halogenated alkanes) is 3. The molecule has 1 rings (SSSR count). The molecule has 1 aromatic rings. The number of aliphatic hydroxyl groups excluding tert-OH is 2. The van der Waals surface area contributed by atoms with E-state index in [0.29, 0.717) is 0 Å². The van der Waals surface area contributed by atoms with Crippen LogP contribution in [0.1, 0.15) is 31.2 Å². The number of benzene rings is 1. The van der Waals surface area contributed by atoms with Crippen molar-refractivity contribution in [1.29, 1.82) is 0 Å². The zero-order valence-corrected chi connectivity index (χ0v) is 9.52. The second-order valence-electron chi connectivity index (χ2n) is 3.52. The van der Waals surface area contributed by atoms with Crippen LogP contribution in [-0.2, 0) is 0 Å². The molecule has 0 atom stereocenters. The minimum Gasteiger partial charge on any atom is -0.396 e. The lowest BCUT2D eigenvalue weighted by molar-refractivity contribution is 0.265. The van der Waals surface area contributed by atoms with Crippen LogP contribution < -0.4 is 0 Å². The van der Waals surface area contributed by atoms with Gasteiger partial charge in [0.25, 0.3) is 0 Å². The maximum Gasteiger partial charge on any atom is 0.0431 e. The summed E-state index contributed by atoms with van der Waals surface area (Å²) in [5.41, 5.74) is 1.32. The average Bonchev–Trinajstić information content (AvgIpc) is 2.27. The first-order chi connectivity index (χ1) is 7.31. The third-order valence-corrected chi connectivity index (χ3v) is 2.01. The lowest BCUT2D eigenvalue weighted by Gasteiger charge is -1.93. The van der Waals surface area contributed by atoms with Gasteiger partial charge in [0, 0.05) is 13.2 Å². The first-order valence-corrected chi connectivity index (χ1v) is 5.54. The summed E-state index contributed by atoms with van der Waals surface area (Å²) in [6.07, 6.45) is 3.83. The Hall–Kier alpha value is -0.860. The molecule has 0 saturated carbocycles. The highest BCUT2D eigenvalue weighted by molar-refractivity contribution is 5.11. The van der Waals surface area contributed by atoms with Crippen molar-refractivity contribution in [2.24, 2.45) is 0 Å². The van der Waals surface area contributed by atoms with Crippen LogP contribution in [0.25, 0.3) is 0 Å². The van der Waals surface area contributed by atoms with Gasteiger partial charge in [-0.25, -0.2) is 0 Å². The first kappa shape index (κ1) is 14.1. The van der Waals surface area contributed by atoms with Crippen LogP contribution in [0.15, 0.2) is 30.3 Å². The molecule has 0 aliphatic heterocycles. The Morgan fingerprint density at radius 3 is 1.53 bits per heavy atom. The van der Waals surface area contributed by atoms with Gasteiger partial charge < -0.3 is 10.2 Å². The third-order valence-electron chi connectivity index (χ3n) is 2.01. The van der Waals surface area contributed by atoms with Crippen LogP contribution >= 0.6 is 0 Å². The van der Waals surface area contributed by atoms with E-state index in [9.17, 15) is 0 Å². The van der Waals surface area contributed by atoms with Crippen molar-refractivity contribution >= 4 is 0 Å². The standard InChI is InChI=1S/C7H8.C6H14O2/c1-7-5-3-2-4-6-7;7-5-3-1-2-4-6-8/h2-6H,1H3;7-8H,1-6H2. The average molecular weight is 210 g/mol. The van der Waals surface area contributed by atoms with Crippen molar-refractivity contribution in [3.05, 3.63) is 35.9 Å². The lowest BCUT2D eigenvalue weighted by Crippen LogP contribution is -1.85. The minimum atomic E-state index is 0.283. The molecule has 86 valence electrons. The van der Waals surface area contributed by atoms with Crippen molar-refractivity contribution in [2.75, 3.05) is 13.2 Å². The Morgan fingerprint density at radius 2 is 1.27 bits per heavy atom. The Morgan fingerprint density at radius 1 is 0.800 bits per heavy atom. The molecule has 15 heavy (non-hydrogen) atoms. The van der Waals surface area contributed by atoms with Gasteiger partial charge in [0.2, 0.25) is 0 Å². The van der Waals surface area contributed by atoms with Crippen LogP contribution in [0.2, 0.25) is 0 Å². The van der Waals surface area contributed by atoms with Gasteiger partial charge in [0.05, 0.1) is 0 Å². The predicted octanol–water partition coefficient (Wildman–Crippen LogP) is 2.53. The maximum absolute atomic E-state index is 8.30. The molecule has 0 heterocycles. The van der Waals surface area contributed by atoms with E-state index in [0.717, 1.165) is 25.7 Å². The molecular formula is C13H22O2. The van der Waals surface area contributed by atoms with Gasteiger partial charge in [-0.3, -0.25) is 0 Å². The monoisotopic (exact) mass is 210 g/mol. The van der Waals surface area contributed by atoms with Crippen molar-refractivity contribution in [3.63, 3.8) is 0 Å². The molecule has 0 aromatic heterocycles. The summed E-state index contributed by atoms with van der Waals surface area (Å²) in [6, 6.07) is 10.3. The fraction of sp³-hybridized carbons (Fsp3) is 0.538. The molecular weight excluding hydrogens is 188 g/mol. The van der Waals surface area contributed by atoms with E-state index in [1.807, 2.05) is 18.2 Å². The van der Waals surface area contributed by atoms with Crippen LogP contribution in [0.3, 0.4) is 0 Å². The fourth-order valence-electron chi connectivity index (χ4n) is 1.11. The fourth-order valence-corrected chi connectivity index (χ4v) is 1.11. The van der Waals surface area contributed by atoms with Gasteiger partial charge in [-0.05, 0) is 19.8 Å². The SMILES string of the molecule is Cc1ccccc1.OCCCCCCO. The molecule has 0 fully saturated rings. The molecule has 1 aromatic carbocycles. The van der Waals surface area contributed by atoms with Crippen molar-refractivity contribution in [2.45, 2.75) is 32.6 Å². The zero-order chi connectivity index (χ0) is 11.4. The van der Waals surface area contributed by atoms with Gasteiger partial charge >= 0.3 is 0 Å².